The summed E-state index contributed by atoms with van der Waals surface area (Å²) in [5.74, 6) is -1.39. The largest absolute Gasteiger partial charge is 0.480 e. The lowest BCUT2D eigenvalue weighted by atomic mass is 10.1. The van der Waals surface area contributed by atoms with Crippen LogP contribution in [0.5, 0.6) is 0 Å². The molecule has 0 aliphatic rings. The molecule has 0 saturated carbocycles. The van der Waals surface area contributed by atoms with Crippen LogP contribution in [0, 0.1) is 6.92 Å². The molecule has 1 atom stereocenters. The molecular weight excluding hydrogens is 246 g/mol. The molecule has 2 rings (SSSR count). The second kappa shape index (κ2) is 5.14. The van der Waals surface area contributed by atoms with Gasteiger partial charge in [-0.1, -0.05) is 12.1 Å². The molecule has 5 heteroatoms. The fourth-order valence-electron chi connectivity index (χ4n) is 1.85. The van der Waals surface area contributed by atoms with Crippen LogP contribution in [0.2, 0.25) is 0 Å². The van der Waals surface area contributed by atoms with Gasteiger partial charge in [0.1, 0.15) is 11.6 Å². The van der Waals surface area contributed by atoms with Crippen LogP contribution in [0.4, 0.5) is 0 Å². The minimum absolute atomic E-state index is 0.105. The fourth-order valence-corrected chi connectivity index (χ4v) is 1.85. The number of carboxylic acids is 1. The molecule has 1 aromatic carbocycles. The van der Waals surface area contributed by atoms with Crippen LogP contribution in [0.25, 0.3) is 11.0 Å². The van der Waals surface area contributed by atoms with Crippen molar-refractivity contribution < 1.29 is 19.1 Å². The van der Waals surface area contributed by atoms with Crippen LogP contribution in [-0.4, -0.2) is 23.0 Å². The number of carbonyl (C=O) groups excluding carboxylic acids is 1. The summed E-state index contributed by atoms with van der Waals surface area (Å²) >= 11 is 0. The van der Waals surface area contributed by atoms with Crippen molar-refractivity contribution in [3.8, 4) is 0 Å². The lowest BCUT2D eigenvalue weighted by Gasteiger charge is -2.08. The molecule has 2 aromatic rings. The lowest BCUT2D eigenvalue weighted by molar-refractivity contribution is -0.141. The van der Waals surface area contributed by atoms with Crippen molar-refractivity contribution in [2.24, 2.45) is 0 Å². The van der Waals surface area contributed by atoms with E-state index in [1.165, 1.54) is 13.2 Å². The van der Waals surface area contributed by atoms with E-state index in [-0.39, 0.29) is 12.3 Å². The summed E-state index contributed by atoms with van der Waals surface area (Å²) in [6, 6.07) is 4.85. The minimum Gasteiger partial charge on any atom is -0.480 e. The fraction of sp³-hybridized carbons (Fsp3) is 0.286. The monoisotopic (exact) mass is 261 g/mol. The van der Waals surface area contributed by atoms with E-state index in [0.717, 1.165) is 22.1 Å². The Kier molecular flexibility index (Phi) is 3.55. The van der Waals surface area contributed by atoms with Crippen LogP contribution in [0.1, 0.15) is 18.1 Å². The third kappa shape index (κ3) is 2.93. The van der Waals surface area contributed by atoms with Gasteiger partial charge in [0, 0.05) is 10.9 Å². The third-order valence-corrected chi connectivity index (χ3v) is 2.91. The Morgan fingerprint density at radius 1 is 1.42 bits per heavy atom. The Hall–Kier alpha value is -2.30. The number of fused-ring (bicyclic) bond motifs is 1. The van der Waals surface area contributed by atoms with E-state index in [1.54, 1.807) is 0 Å². The molecule has 0 radical (unpaired) electrons. The average Bonchev–Trinajstić information content (AvgIpc) is 2.71. The Bertz CT molecular complexity index is 629. The number of rotatable bonds is 4. The van der Waals surface area contributed by atoms with Crippen LogP contribution in [0.3, 0.4) is 0 Å². The first kappa shape index (κ1) is 13.1. The van der Waals surface area contributed by atoms with Crippen LogP contribution in [-0.2, 0) is 16.0 Å². The zero-order valence-corrected chi connectivity index (χ0v) is 10.8. The van der Waals surface area contributed by atoms with Crippen LogP contribution >= 0.6 is 0 Å². The smallest absolute Gasteiger partial charge is 0.325 e. The van der Waals surface area contributed by atoms with Crippen molar-refractivity contribution in [3.63, 3.8) is 0 Å². The highest BCUT2D eigenvalue weighted by Gasteiger charge is 2.16. The summed E-state index contributed by atoms with van der Waals surface area (Å²) in [7, 11) is 0. The van der Waals surface area contributed by atoms with Gasteiger partial charge in [0.05, 0.1) is 12.7 Å². The van der Waals surface area contributed by atoms with Gasteiger partial charge >= 0.3 is 5.97 Å². The second-order valence-corrected chi connectivity index (χ2v) is 4.56. The molecule has 0 unspecified atom stereocenters. The maximum atomic E-state index is 11.7. The number of benzene rings is 1. The van der Waals surface area contributed by atoms with Gasteiger partial charge in [0.15, 0.2) is 0 Å². The third-order valence-electron chi connectivity index (χ3n) is 2.91. The summed E-state index contributed by atoms with van der Waals surface area (Å²) < 4.78 is 5.39. The molecule has 0 spiro atoms. The lowest BCUT2D eigenvalue weighted by Crippen LogP contribution is -2.39. The predicted molar refractivity (Wildman–Crippen MR) is 69.9 cm³/mol. The van der Waals surface area contributed by atoms with Gasteiger partial charge in [0.25, 0.3) is 0 Å². The predicted octanol–water partition coefficient (Wildman–Crippen LogP) is 1.87. The summed E-state index contributed by atoms with van der Waals surface area (Å²) in [5.41, 5.74) is 2.57. The van der Waals surface area contributed by atoms with Gasteiger partial charge in [-0.05, 0) is 25.5 Å². The molecule has 0 aliphatic carbocycles. The van der Waals surface area contributed by atoms with Gasteiger partial charge in [0.2, 0.25) is 5.91 Å². The molecule has 1 amide bonds. The first-order valence-corrected chi connectivity index (χ1v) is 5.96. The molecule has 19 heavy (non-hydrogen) atoms. The van der Waals surface area contributed by atoms with Crippen molar-refractivity contribution in [1.29, 1.82) is 0 Å². The molecule has 0 fully saturated rings. The Balaban J connectivity index is 2.13. The number of nitrogens with one attached hydrogen (secondary N) is 1. The Labute approximate surface area is 110 Å². The van der Waals surface area contributed by atoms with Gasteiger partial charge < -0.3 is 14.8 Å². The van der Waals surface area contributed by atoms with E-state index in [1.807, 2.05) is 25.1 Å². The van der Waals surface area contributed by atoms with E-state index >= 15 is 0 Å². The number of hydrogen-bond acceptors (Lipinski definition) is 3. The quantitative estimate of drug-likeness (QED) is 0.880. The first-order valence-electron chi connectivity index (χ1n) is 5.96. The molecule has 1 heterocycles. The number of aryl methyl sites for hydroxylation is 1. The molecule has 100 valence electrons. The molecule has 0 saturated heterocycles. The van der Waals surface area contributed by atoms with Gasteiger partial charge in [-0.2, -0.15) is 0 Å². The molecule has 5 nitrogen and oxygen atoms in total. The summed E-state index contributed by atoms with van der Waals surface area (Å²) in [4.78, 5) is 22.4. The van der Waals surface area contributed by atoms with E-state index in [2.05, 4.69) is 5.32 Å². The number of carbonyl (C=O) groups is 2. The molecule has 2 N–H and O–H groups in total. The van der Waals surface area contributed by atoms with E-state index < -0.39 is 12.0 Å². The molecule has 0 aliphatic heterocycles. The van der Waals surface area contributed by atoms with Crippen LogP contribution < -0.4 is 5.32 Å². The standard InChI is InChI=1S/C14H15NO4/c1-8-3-4-11-10(7-19-12(11)5-8)6-13(16)15-9(2)14(17)18/h3-5,7,9H,6H2,1-2H3,(H,15,16)(H,17,18)/t9-/m0/s1. The van der Waals surface area contributed by atoms with E-state index in [0.29, 0.717) is 0 Å². The van der Waals surface area contributed by atoms with E-state index in [9.17, 15) is 9.59 Å². The van der Waals surface area contributed by atoms with Crippen molar-refractivity contribution in [2.75, 3.05) is 0 Å². The first-order chi connectivity index (χ1) is 8.97. The summed E-state index contributed by atoms with van der Waals surface area (Å²) in [5, 5.41) is 12.0. The topological polar surface area (TPSA) is 79.5 Å². The second-order valence-electron chi connectivity index (χ2n) is 4.56. The van der Waals surface area contributed by atoms with Crippen LogP contribution in [0.15, 0.2) is 28.9 Å². The summed E-state index contributed by atoms with van der Waals surface area (Å²) in [6.45, 7) is 3.39. The average molecular weight is 261 g/mol. The van der Waals surface area contributed by atoms with Crippen molar-refractivity contribution >= 4 is 22.8 Å². The summed E-state index contributed by atoms with van der Waals surface area (Å²) in [6.07, 6.45) is 1.64. The highest BCUT2D eigenvalue weighted by molar-refractivity contribution is 5.89. The van der Waals surface area contributed by atoms with Crippen molar-refractivity contribution in [1.82, 2.24) is 5.32 Å². The number of carboxylic acid groups (broad SMARTS) is 1. The van der Waals surface area contributed by atoms with Gasteiger partial charge in [-0.15, -0.1) is 0 Å². The zero-order valence-electron chi connectivity index (χ0n) is 10.8. The Morgan fingerprint density at radius 3 is 2.84 bits per heavy atom. The highest BCUT2D eigenvalue weighted by atomic mass is 16.4. The highest BCUT2D eigenvalue weighted by Crippen LogP contribution is 2.22. The van der Waals surface area contributed by atoms with Gasteiger partial charge in [-0.25, -0.2) is 0 Å². The van der Waals surface area contributed by atoms with Crippen molar-refractivity contribution in [3.05, 3.63) is 35.6 Å². The maximum Gasteiger partial charge on any atom is 0.325 e. The maximum absolute atomic E-state index is 11.7. The van der Waals surface area contributed by atoms with Gasteiger partial charge in [-0.3, -0.25) is 9.59 Å². The number of hydrogen-bond donors (Lipinski definition) is 2. The Morgan fingerprint density at radius 2 is 2.16 bits per heavy atom. The number of amides is 1. The molecule has 0 bridgehead atoms. The molecular formula is C14H15NO4. The zero-order chi connectivity index (χ0) is 14.0. The molecule has 1 aromatic heterocycles. The number of furan rings is 1. The van der Waals surface area contributed by atoms with E-state index in [4.69, 9.17) is 9.52 Å². The minimum atomic E-state index is -1.05. The SMILES string of the molecule is Cc1ccc2c(CC(=O)N[C@@H](C)C(=O)O)coc2c1. The van der Waals surface area contributed by atoms with Crippen molar-refractivity contribution in [2.45, 2.75) is 26.3 Å². The normalized spacial score (nSPS) is 12.3. The number of aliphatic carboxylic acids is 1.